The Hall–Kier alpha value is -2.37. The number of rotatable bonds is 5. The lowest BCUT2D eigenvalue weighted by Crippen LogP contribution is -2.44. The molecule has 0 spiro atoms. The molecule has 0 aliphatic carbocycles. The summed E-state index contributed by atoms with van der Waals surface area (Å²) in [5.74, 6) is 0.847. The van der Waals surface area contributed by atoms with E-state index in [9.17, 15) is 14.4 Å². The van der Waals surface area contributed by atoms with Crippen molar-refractivity contribution in [2.75, 3.05) is 52.1 Å². The van der Waals surface area contributed by atoms with E-state index in [1.807, 2.05) is 11.0 Å². The molecule has 0 N–H and O–H groups in total. The molecule has 4 heterocycles. The summed E-state index contributed by atoms with van der Waals surface area (Å²) in [5.41, 5.74) is -0.0278. The third-order valence-electron chi connectivity index (χ3n) is 6.06. The van der Waals surface area contributed by atoms with Crippen molar-refractivity contribution in [3.05, 3.63) is 39.3 Å². The van der Waals surface area contributed by atoms with Crippen LogP contribution >= 0.6 is 11.8 Å². The van der Waals surface area contributed by atoms with Crippen molar-refractivity contribution in [3.8, 4) is 0 Å². The van der Waals surface area contributed by atoms with Gasteiger partial charge in [-0.3, -0.25) is 23.6 Å². The summed E-state index contributed by atoms with van der Waals surface area (Å²) >= 11 is 1.69. The lowest BCUT2D eigenvalue weighted by atomic mass is 10.3. The third-order valence-corrected chi connectivity index (χ3v) is 7.27. The summed E-state index contributed by atoms with van der Waals surface area (Å²) in [6.45, 7) is 6.04. The van der Waals surface area contributed by atoms with Crippen molar-refractivity contribution < 1.29 is 4.79 Å². The second kappa shape index (κ2) is 9.01. The number of nitrogens with zero attached hydrogens (tertiary/aromatic N) is 7. The minimum atomic E-state index is -0.403. The summed E-state index contributed by atoms with van der Waals surface area (Å²) in [6, 6.07) is 0. The third kappa shape index (κ3) is 4.35. The predicted molar refractivity (Wildman–Crippen MR) is 121 cm³/mol. The molecular weight excluding hydrogens is 418 g/mol. The second-order valence-corrected chi connectivity index (χ2v) is 9.42. The molecule has 4 rings (SSSR count). The minimum Gasteiger partial charge on any atom is -0.325 e. The Labute approximate surface area is 184 Å². The van der Waals surface area contributed by atoms with Crippen LogP contribution in [0.4, 0.5) is 0 Å². The van der Waals surface area contributed by atoms with E-state index in [1.54, 1.807) is 35.8 Å². The first-order valence-electron chi connectivity index (χ1n) is 10.5. The van der Waals surface area contributed by atoms with E-state index in [2.05, 4.69) is 21.8 Å². The van der Waals surface area contributed by atoms with E-state index >= 15 is 0 Å². The molecule has 0 aromatic carbocycles. The topological polar surface area (TPSA) is 88.6 Å². The van der Waals surface area contributed by atoms with Crippen LogP contribution in [0.2, 0.25) is 0 Å². The normalized spacial score (nSPS) is 21.0. The van der Waals surface area contributed by atoms with Gasteiger partial charge >= 0.3 is 5.69 Å². The molecule has 1 unspecified atom stereocenters. The first-order valence-corrected chi connectivity index (χ1v) is 11.5. The molecule has 0 radical (unpaired) electrons. The molecule has 2 aliphatic heterocycles. The lowest BCUT2D eigenvalue weighted by molar-refractivity contribution is -0.126. The van der Waals surface area contributed by atoms with E-state index in [1.165, 1.54) is 11.6 Å². The first kappa shape index (κ1) is 21.8. The zero-order valence-corrected chi connectivity index (χ0v) is 19.0. The van der Waals surface area contributed by atoms with E-state index in [0.29, 0.717) is 24.3 Å². The number of amides is 1. The van der Waals surface area contributed by atoms with Crippen molar-refractivity contribution >= 4 is 28.8 Å². The van der Waals surface area contributed by atoms with Crippen LogP contribution in [-0.4, -0.2) is 96.7 Å². The van der Waals surface area contributed by atoms with Gasteiger partial charge in [0, 0.05) is 65.2 Å². The molecule has 1 amide bonds. The number of thioether (sulfide) groups is 1. The zero-order valence-electron chi connectivity index (χ0n) is 18.2. The van der Waals surface area contributed by atoms with Gasteiger partial charge in [-0.2, -0.15) is 0 Å². The highest BCUT2D eigenvalue weighted by atomic mass is 32.2. The van der Waals surface area contributed by atoms with Crippen LogP contribution in [-0.2, 0) is 25.4 Å². The summed E-state index contributed by atoms with van der Waals surface area (Å²) < 4.78 is 4.22. The Morgan fingerprint density at radius 1 is 1.13 bits per heavy atom. The highest BCUT2D eigenvalue weighted by Crippen LogP contribution is 2.26. The number of imidazole rings is 1. The number of piperazine rings is 1. The number of aromatic nitrogens is 4. The fourth-order valence-electron chi connectivity index (χ4n) is 4.06. The van der Waals surface area contributed by atoms with Gasteiger partial charge in [0.15, 0.2) is 11.2 Å². The van der Waals surface area contributed by atoms with Gasteiger partial charge in [0.2, 0.25) is 5.91 Å². The maximum atomic E-state index is 12.8. The maximum Gasteiger partial charge on any atom is 0.332 e. The van der Waals surface area contributed by atoms with Crippen molar-refractivity contribution in [2.24, 2.45) is 14.1 Å². The van der Waals surface area contributed by atoms with Gasteiger partial charge in [0.05, 0.1) is 18.2 Å². The molecule has 2 aromatic heterocycles. The van der Waals surface area contributed by atoms with E-state index in [0.717, 1.165) is 43.0 Å². The number of hydrogen-bond acceptors (Lipinski definition) is 7. The van der Waals surface area contributed by atoms with Gasteiger partial charge in [0.25, 0.3) is 5.56 Å². The van der Waals surface area contributed by atoms with Gasteiger partial charge in [-0.05, 0) is 7.05 Å². The van der Waals surface area contributed by atoms with Gasteiger partial charge in [-0.15, -0.1) is 11.8 Å². The molecule has 2 fully saturated rings. The number of likely N-dealkylation sites (N-methyl/N-ethyl adjacent to an activating group) is 1. The van der Waals surface area contributed by atoms with Gasteiger partial charge in [0.1, 0.15) is 0 Å². The molecule has 10 nitrogen and oxygen atoms in total. The molecular formula is C20H29N7O3S. The number of carbonyl (C=O) groups excluding carboxylic acids is 1. The average molecular weight is 448 g/mol. The fourth-order valence-corrected chi connectivity index (χ4v) is 5.29. The summed E-state index contributed by atoms with van der Waals surface area (Å²) in [6.07, 6.45) is 5.20. The first-order chi connectivity index (χ1) is 14.9. The fraction of sp³-hybridized carbons (Fsp3) is 0.600. The monoisotopic (exact) mass is 447 g/mol. The zero-order chi connectivity index (χ0) is 22.1. The number of hydrogen-bond donors (Lipinski definition) is 0. The predicted octanol–water partition coefficient (Wildman–Crippen LogP) is -0.861. The maximum absolute atomic E-state index is 12.8. The standard InChI is InChI=1S/C20H29N7O3S/c1-22-7-9-25(10-8-22)6-4-5-15(28)27-11-12-31-16(27)13-26-14-21-18-17(26)19(29)24(3)20(30)23(18)2/h4-5,14,16H,6-13H2,1-3H3. The smallest absolute Gasteiger partial charge is 0.325 e. The Morgan fingerprint density at radius 3 is 2.61 bits per heavy atom. The van der Waals surface area contributed by atoms with Crippen LogP contribution < -0.4 is 11.2 Å². The van der Waals surface area contributed by atoms with E-state index < -0.39 is 5.69 Å². The molecule has 1 atom stereocenters. The van der Waals surface area contributed by atoms with Crippen LogP contribution in [0.3, 0.4) is 0 Å². The molecule has 2 aromatic rings. The van der Waals surface area contributed by atoms with Crippen molar-refractivity contribution in [1.29, 1.82) is 0 Å². The van der Waals surface area contributed by atoms with Crippen LogP contribution in [0.1, 0.15) is 0 Å². The largest absolute Gasteiger partial charge is 0.332 e. The van der Waals surface area contributed by atoms with Crippen LogP contribution in [0.5, 0.6) is 0 Å². The highest BCUT2D eigenvalue weighted by molar-refractivity contribution is 8.00. The SMILES string of the molecule is CN1CCN(CC=CC(=O)N2CCSC2Cn2cnc3c2c(=O)n(C)c(=O)n3C)CC1. The average Bonchev–Trinajstić information content (AvgIpc) is 3.40. The number of fused-ring (bicyclic) bond motifs is 1. The van der Waals surface area contributed by atoms with Crippen molar-refractivity contribution in [3.63, 3.8) is 0 Å². The highest BCUT2D eigenvalue weighted by Gasteiger charge is 2.29. The Balaban J connectivity index is 1.46. The quantitative estimate of drug-likeness (QED) is 0.551. The number of carbonyl (C=O) groups is 1. The van der Waals surface area contributed by atoms with E-state index in [-0.39, 0.29) is 16.8 Å². The summed E-state index contributed by atoms with van der Waals surface area (Å²) in [5, 5.41) is -0.0832. The minimum absolute atomic E-state index is 0.00569. The molecule has 31 heavy (non-hydrogen) atoms. The molecule has 2 aliphatic rings. The van der Waals surface area contributed by atoms with Gasteiger partial charge in [-0.25, -0.2) is 9.78 Å². The summed E-state index contributed by atoms with van der Waals surface area (Å²) in [4.78, 5) is 48.4. The van der Waals surface area contributed by atoms with Gasteiger partial charge in [-0.1, -0.05) is 6.08 Å². The Kier molecular flexibility index (Phi) is 6.35. The lowest BCUT2D eigenvalue weighted by Gasteiger charge is -2.31. The molecule has 168 valence electrons. The molecule has 11 heteroatoms. The van der Waals surface area contributed by atoms with Crippen molar-refractivity contribution in [1.82, 2.24) is 33.4 Å². The Morgan fingerprint density at radius 2 is 1.87 bits per heavy atom. The Bertz CT molecular complexity index is 1110. The molecule has 0 bridgehead atoms. The van der Waals surface area contributed by atoms with Gasteiger partial charge < -0.3 is 14.4 Å². The van der Waals surface area contributed by atoms with Crippen LogP contribution in [0, 0.1) is 0 Å². The summed E-state index contributed by atoms with van der Waals surface area (Å²) in [7, 11) is 5.19. The van der Waals surface area contributed by atoms with Crippen LogP contribution in [0.25, 0.3) is 11.2 Å². The van der Waals surface area contributed by atoms with Crippen molar-refractivity contribution in [2.45, 2.75) is 11.9 Å². The second-order valence-electron chi connectivity index (χ2n) is 8.14. The number of aryl methyl sites for hydroxylation is 1. The van der Waals surface area contributed by atoms with Crippen LogP contribution in [0.15, 0.2) is 28.1 Å². The van der Waals surface area contributed by atoms with E-state index in [4.69, 9.17) is 0 Å². The molecule has 0 saturated carbocycles. The molecule has 2 saturated heterocycles.